The van der Waals surface area contributed by atoms with Gasteiger partial charge >= 0.3 is 12.4 Å². The van der Waals surface area contributed by atoms with E-state index in [-0.39, 0.29) is 23.1 Å². The molecule has 0 unspecified atom stereocenters. The molecular weight excluding hydrogens is 629 g/mol. The van der Waals surface area contributed by atoms with Crippen molar-refractivity contribution >= 4 is 28.6 Å². The molecule has 0 saturated carbocycles. The van der Waals surface area contributed by atoms with Crippen molar-refractivity contribution in [1.82, 2.24) is 20.1 Å². The zero-order chi connectivity index (χ0) is 33.8. The van der Waals surface area contributed by atoms with Crippen LogP contribution in [0.2, 0.25) is 0 Å². The first-order valence-electron chi connectivity index (χ1n) is 15.1. The number of rotatable bonds is 10. The average Bonchev–Trinajstić information content (AvgIpc) is 3.70. The van der Waals surface area contributed by atoms with E-state index in [2.05, 4.69) is 57.7 Å². The molecule has 5 rings (SSSR count). The minimum Gasteiger partial charge on any atom is -0.497 e. The molecule has 0 spiro atoms. The first-order valence-corrected chi connectivity index (χ1v) is 16.1. The van der Waals surface area contributed by atoms with Gasteiger partial charge < -0.3 is 19.7 Å². The Morgan fingerprint density at radius 2 is 1.74 bits per heavy atom. The molecule has 1 fully saturated rings. The van der Waals surface area contributed by atoms with Crippen LogP contribution in [0.25, 0.3) is 17.1 Å². The van der Waals surface area contributed by atoms with Gasteiger partial charge in [-0.1, -0.05) is 63.7 Å². The minimum atomic E-state index is -4.75. The van der Waals surface area contributed by atoms with E-state index < -0.39 is 6.36 Å². The van der Waals surface area contributed by atoms with E-state index in [1.165, 1.54) is 35.3 Å². The van der Waals surface area contributed by atoms with Crippen LogP contribution in [-0.2, 0) is 6.42 Å². The molecular formula is C34H37F3N6O3S. The third kappa shape index (κ3) is 8.85. The average molecular weight is 667 g/mol. The number of hydrogen-bond donors (Lipinski definition) is 1. The summed E-state index contributed by atoms with van der Waals surface area (Å²) < 4.78 is 48.2. The molecule has 47 heavy (non-hydrogen) atoms. The number of ether oxygens (including phenoxy) is 2. The van der Waals surface area contributed by atoms with Crippen molar-refractivity contribution in [2.45, 2.75) is 46.4 Å². The number of alkyl halides is 3. The number of thioether (sulfide) groups is 1. The Bertz CT molecular complexity index is 1720. The summed E-state index contributed by atoms with van der Waals surface area (Å²) in [6.45, 7) is 9.66. The Kier molecular flexibility index (Phi) is 10.1. The van der Waals surface area contributed by atoms with Crippen LogP contribution in [0.1, 0.15) is 44.7 Å². The smallest absolute Gasteiger partial charge is 0.497 e. The number of benzene rings is 3. The zero-order valence-corrected chi connectivity index (χ0v) is 27.7. The zero-order valence-electron chi connectivity index (χ0n) is 26.8. The van der Waals surface area contributed by atoms with Crippen LogP contribution in [0.3, 0.4) is 0 Å². The summed E-state index contributed by atoms with van der Waals surface area (Å²) in [7, 11) is 1.66. The van der Waals surface area contributed by atoms with Crippen molar-refractivity contribution in [1.29, 1.82) is 0 Å². The van der Waals surface area contributed by atoms with E-state index in [0.717, 1.165) is 40.4 Å². The number of hydrogen-bond acceptors (Lipinski definition) is 6. The Balaban J connectivity index is 1.17. The summed E-state index contributed by atoms with van der Waals surface area (Å²) in [6.07, 6.45) is -2.54. The molecule has 3 aromatic carbocycles. The fourth-order valence-electron chi connectivity index (χ4n) is 5.23. The number of carbonyl (C=O) groups excluding carboxylic acids is 1. The highest BCUT2D eigenvalue weighted by Gasteiger charge is 2.31. The number of carbonyl (C=O) groups is 1. The second-order valence-corrected chi connectivity index (χ2v) is 13.3. The Morgan fingerprint density at radius 3 is 2.40 bits per heavy atom. The van der Waals surface area contributed by atoms with E-state index in [1.807, 2.05) is 42.5 Å². The molecule has 1 N–H and O–H groups in total. The Labute approximate surface area is 276 Å². The van der Waals surface area contributed by atoms with Crippen molar-refractivity contribution in [2.24, 2.45) is 10.4 Å². The van der Waals surface area contributed by atoms with Gasteiger partial charge in [0.2, 0.25) is 0 Å². The third-order valence-corrected chi connectivity index (χ3v) is 8.52. The lowest BCUT2D eigenvalue weighted by Gasteiger charge is -2.25. The van der Waals surface area contributed by atoms with E-state index >= 15 is 0 Å². The van der Waals surface area contributed by atoms with Gasteiger partial charge in [0.25, 0.3) is 0 Å². The predicted octanol–water partition coefficient (Wildman–Crippen LogP) is 7.85. The van der Waals surface area contributed by atoms with Crippen molar-refractivity contribution in [2.75, 3.05) is 30.9 Å². The predicted molar refractivity (Wildman–Crippen MR) is 179 cm³/mol. The third-order valence-electron chi connectivity index (χ3n) is 7.56. The highest BCUT2D eigenvalue weighted by Crippen LogP contribution is 2.35. The van der Waals surface area contributed by atoms with Crippen LogP contribution in [0.4, 0.5) is 23.7 Å². The van der Waals surface area contributed by atoms with Crippen LogP contribution >= 0.6 is 11.8 Å². The van der Waals surface area contributed by atoms with Gasteiger partial charge in [0.05, 0.1) is 12.8 Å². The van der Waals surface area contributed by atoms with Crippen molar-refractivity contribution in [3.63, 3.8) is 0 Å². The van der Waals surface area contributed by atoms with Crippen molar-refractivity contribution < 1.29 is 27.4 Å². The molecule has 4 aromatic rings. The fourth-order valence-corrected chi connectivity index (χ4v) is 6.18. The van der Waals surface area contributed by atoms with Crippen molar-refractivity contribution in [3.05, 3.63) is 84.2 Å². The SMILES string of the molecule is COc1ccc(N2CCSC2=NC(=O)NCC(C)(C)Cc2ccc(-c3ncn(-c4ccc(OC(F)(F)F)cc4)n3)cc2)c(C(C)C)c1. The Morgan fingerprint density at radius 1 is 1.04 bits per heavy atom. The summed E-state index contributed by atoms with van der Waals surface area (Å²) in [4.78, 5) is 23.8. The summed E-state index contributed by atoms with van der Waals surface area (Å²) in [5.41, 5.74) is 4.35. The van der Waals surface area contributed by atoms with E-state index in [1.54, 1.807) is 18.9 Å². The molecule has 1 aliphatic heterocycles. The summed E-state index contributed by atoms with van der Waals surface area (Å²) in [6, 6.07) is 18.9. The highest BCUT2D eigenvalue weighted by molar-refractivity contribution is 8.14. The van der Waals surface area contributed by atoms with E-state index in [4.69, 9.17) is 4.74 Å². The number of aliphatic imine (C=N–C) groups is 1. The second kappa shape index (κ2) is 14.1. The number of methoxy groups -OCH3 is 1. The van der Waals surface area contributed by atoms with Gasteiger partial charge in [-0.25, -0.2) is 14.5 Å². The van der Waals surface area contributed by atoms with Crippen LogP contribution in [0, 0.1) is 5.41 Å². The molecule has 0 radical (unpaired) electrons. The number of halogens is 3. The number of nitrogens with zero attached hydrogens (tertiary/aromatic N) is 5. The molecule has 248 valence electrons. The lowest BCUT2D eigenvalue weighted by atomic mass is 9.85. The number of nitrogens with one attached hydrogen (secondary N) is 1. The first-order chi connectivity index (χ1) is 22.3. The quantitative estimate of drug-likeness (QED) is 0.184. The van der Waals surface area contributed by atoms with Crippen LogP contribution < -0.4 is 19.7 Å². The molecule has 1 aliphatic rings. The maximum atomic E-state index is 12.9. The highest BCUT2D eigenvalue weighted by atomic mass is 32.2. The number of amidine groups is 1. The first kappa shape index (κ1) is 33.8. The fraction of sp³-hybridized carbons (Fsp3) is 0.353. The van der Waals surface area contributed by atoms with Gasteiger partial charge in [-0.2, -0.15) is 4.99 Å². The normalized spacial score (nSPS) is 14.6. The Hall–Kier alpha value is -4.52. The molecule has 1 aromatic heterocycles. The van der Waals surface area contributed by atoms with Crippen LogP contribution in [0.15, 0.2) is 78.0 Å². The number of anilines is 1. The van der Waals surface area contributed by atoms with Gasteiger partial charge in [0, 0.05) is 30.1 Å². The molecule has 9 nitrogen and oxygen atoms in total. The van der Waals surface area contributed by atoms with Gasteiger partial charge in [0.15, 0.2) is 11.0 Å². The standard InChI is InChI=1S/C34H37F3N6O3S/c1-22(2)28-18-27(45-5)14-15-29(28)42-16-17-47-32(42)40-31(44)38-20-33(3,4)19-23-6-8-24(9-7-23)30-39-21-43(41-30)25-10-12-26(13-11-25)46-34(35,36)37/h6-15,18,21-22H,16-17,19-20H2,1-5H3,(H,38,44). The maximum absolute atomic E-state index is 12.9. The second-order valence-electron chi connectivity index (χ2n) is 12.2. The monoisotopic (exact) mass is 666 g/mol. The summed E-state index contributed by atoms with van der Waals surface area (Å²) in [5, 5.41) is 8.15. The van der Waals surface area contributed by atoms with Gasteiger partial charge in [-0.05, 0) is 71.3 Å². The number of amides is 2. The minimum absolute atomic E-state index is 0.248. The molecule has 0 atom stereocenters. The largest absolute Gasteiger partial charge is 0.573 e. The maximum Gasteiger partial charge on any atom is 0.573 e. The summed E-state index contributed by atoms with van der Waals surface area (Å²) >= 11 is 1.57. The molecule has 0 aliphatic carbocycles. The molecule has 1 saturated heterocycles. The molecule has 2 amide bonds. The van der Waals surface area contributed by atoms with Gasteiger partial charge in [-0.15, -0.1) is 18.3 Å². The van der Waals surface area contributed by atoms with Gasteiger partial charge in [-0.3, -0.25) is 0 Å². The van der Waals surface area contributed by atoms with Crippen LogP contribution in [0.5, 0.6) is 11.5 Å². The lowest BCUT2D eigenvalue weighted by Crippen LogP contribution is -2.35. The molecule has 0 bridgehead atoms. The van der Waals surface area contributed by atoms with Crippen LogP contribution in [-0.4, -0.2) is 58.3 Å². The topological polar surface area (TPSA) is 93.9 Å². The van der Waals surface area contributed by atoms with E-state index in [0.29, 0.717) is 29.6 Å². The van der Waals surface area contributed by atoms with Crippen molar-refractivity contribution in [3.8, 4) is 28.6 Å². The van der Waals surface area contributed by atoms with Gasteiger partial charge in [0.1, 0.15) is 17.8 Å². The molecule has 13 heteroatoms. The number of aromatic nitrogens is 3. The summed E-state index contributed by atoms with van der Waals surface area (Å²) in [5.74, 6) is 2.10. The lowest BCUT2D eigenvalue weighted by molar-refractivity contribution is -0.274. The van der Waals surface area contributed by atoms with E-state index in [9.17, 15) is 18.0 Å². The number of urea groups is 1. The molecule has 2 heterocycles.